The van der Waals surface area contributed by atoms with Crippen molar-refractivity contribution >= 4 is 38.6 Å². The van der Waals surface area contributed by atoms with Gasteiger partial charge in [-0.2, -0.15) is 0 Å². The van der Waals surface area contributed by atoms with E-state index in [1.807, 2.05) is 0 Å². The molecule has 9 heteroatoms. The van der Waals surface area contributed by atoms with E-state index < -0.39 is 10.7 Å². The molecule has 0 saturated carbocycles. The number of aromatic amines is 1. The van der Waals surface area contributed by atoms with E-state index in [4.69, 9.17) is 0 Å². The van der Waals surface area contributed by atoms with Gasteiger partial charge in [0.1, 0.15) is 11.5 Å². The van der Waals surface area contributed by atoms with Crippen molar-refractivity contribution in [3.05, 3.63) is 53.3 Å². The van der Waals surface area contributed by atoms with Crippen LogP contribution in [0.15, 0.2) is 26.8 Å². The van der Waals surface area contributed by atoms with Crippen molar-refractivity contribution in [3.63, 3.8) is 0 Å². The van der Waals surface area contributed by atoms with Gasteiger partial charge in [-0.1, -0.05) is 11.3 Å². The third-order valence-electron chi connectivity index (χ3n) is 2.28. The zero-order chi connectivity index (χ0) is 14.0. The average Bonchev–Trinajstić information content (AvgIpc) is 2.76. The smallest absolute Gasteiger partial charge is 0.304 e. The van der Waals surface area contributed by atoms with E-state index in [9.17, 15) is 19.3 Å². The molecule has 100 valence electrons. The topological polar surface area (TPSA) is 88.0 Å². The fourth-order valence-electron chi connectivity index (χ4n) is 1.42. The molecular weight excluding hydrogens is 341 g/mol. The summed E-state index contributed by atoms with van der Waals surface area (Å²) in [6.45, 7) is 0.206. The molecule has 0 aliphatic heterocycles. The predicted molar refractivity (Wildman–Crippen MR) is 73.0 cm³/mol. The Balaban J connectivity index is 2.26. The lowest BCUT2D eigenvalue weighted by Crippen LogP contribution is -2.05. The van der Waals surface area contributed by atoms with Crippen molar-refractivity contribution in [1.82, 2.24) is 4.98 Å². The van der Waals surface area contributed by atoms with Crippen LogP contribution in [0.2, 0.25) is 0 Å². The van der Waals surface area contributed by atoms with Crippen LogP contribution in [-0.4, -0.2) is 9.91 Å². The second-order valence-corrected chi connectivity index (χ2v) is 5.26. The Morgan fingerprint density at radius 2 is 2.26 bits per heavy atom. The number of halogens is 2. The standard InChI is InChI=1S/C10H7BrFN3O3S/c11-6-1-8(9(15(17)18)2-7(6)12)13-3-5-4-19-10(16)14-5/h1-2,4,13H,3H2,(H,14,16). The molecule has 0 bridgehead atoms. The van der Waals surface area contributed by atoms with Crippen molar-refractivity contribution in [3.8, 4) is 0 Å². The van der Waals surface area contributed by atoms with Crippen molar-refractivity contribution in [2.45, 2.75) is 6.54 Å². The summed E-state index contributed by atoms with van der Waals surface area (Å²) in [6, 6.07) is 2.13. The van der Waals surface area contributed by atoms with E-state index in [-0.39, 0.29) is 27.3 Å². The molecule has 0 amide bonds. The summed E-state index contributed by atoms with van der Waals surface area (Å²) < 4.78 is 13.4. The highest BCUT2D eigenvalue weighted by Gasteiger charge is 2.17. The van der Waals surface area contributed by atoms with E-state index in [0.29, 0.717) is 5.69 Å². The highest BCUT2D eigenvalue weighted by atomic mass is 79.9. The Bertz CT molecular complexity index is 685. The van der Waals surface area contributed by atoms with E-state index in [1.165, 1.54) is 6.07 Å². The molecule has 0 spiro atoms. The van der Waals surface area contributed by atoms with Crippen LogP contribution in [0.3, 0.4) is 0 Å². The van der Waals surface area contributed by atoms with Crippen LogP contribution in [0.5, 0.6) is 0 Å². The largest absolute Gasteiger partial charge is 0.374 e. The Hall–Kier alpha value is -1.74. The molecule has 1 heterocycles. The average molecular weight is 348 g/mol. The van der Waals surface area contributed by atoms with Crippen LogP contribution in [-0.2, 0) is 6.54 Å². The molecule has 0 aliphatic carbocycles. The zero-order valence-electron chi connectivity index (χ0n) is 9.28. The first kappa shape index (κ1) is 13.7. The maximum atomic E-state index is 13.3. The number of aromatic nitrogens is 1. The summed E-state index contributed by atoms with van der Waals surface area (Å²) >= 11 is 3.97. The van der Waals surface area contributed by atoms with Gasteiger partial charge in [-0.05, 0) is 22.0 Å². The molecule has 2 rings (SSSR count). The van der Waals surface area contributed by atoms with Crippen LogP contribution in [0.1, 0.15) is 5.69 Å². The van der Waals surface area contributed by atoms with Crippen LogP contribution >= 0.6 is 27.3 Å². The minimum Gasteiger partial charge on any atom is -0.374 e. The van der Waals surface area contributed by atoms with Gasteiger partial charge in [-0.3, -0.25) is 14.9 Å². The van der Waals surface area contributed by atoms with Gasteiger partial charge in [0.05, 0.1) is 22.0 Å². The summed E-state index contributed by atoms with van der Waals surface area (Å²) in [5.41, 5.74) is 0.411. The highest BCUT2D eigenvalue weighted by Crippen LogP contribution is 2.30. The SMILES string of the molecule is O=c1[nH]c(CNc2cc(Br)c(F)cc2[N+](=O)[O-])cs1. The quantitative estimate of drug-likeness (QED) is 0.657. The van der Waals surface area contributed by atoms with Crippen LogP contribution in [0.4, 0.5) is 15.8 Å². The molecule has 0 radical (unpaired) electrons. The van der Waals surface area contributed by atoms with E-state index in [2.05, 4.69) is 26.2 Å². The number of thiazole rings is 1. The molecule has 2 N–H and O–H groups in total. The fourth-order valence-corrected chi connectivity index (χ4v) is 2.34. The molecule has 2 aromatic rings. The lowest BCUT2D eigenvalue weighted by molar-refractivity contribution is -0.384. The molecule has 19 heavy (non-hydrogen) atoms. The van der Waals surface area contributed by atoms with E-state index in [0.717, 1.165) is 17.4 Å². The van der Waals surface area contributed by atoms with Crippen molar-refractivity contribution < 1.29 is 9.31 Å². The number of nitrogens with one attached hydrogen (secondary N) is 2. The van der Waals surface area contributed by atoms with Gasteiger partial charge in [0, 0.05) is 11.1 Å². The fraction of sp³-hybridized carbons (Fsp3) is 0.100. The first-order valence-corrected chi connectivity index (χ1v) is 6.68. The van der Waals surface area contributed by atoms with Crippen LogP contribution in [0.25, 0.3) is 0 Å². The van der Waals surface area contributed by atoms with Gasteiger partial charge < -0.3 is 10.3 Å². The van der Waals surface area contributed by atoms with Gasteiger partial charge in [0.15, 0.2) is 0 Å². The van der Waals surface area contributed by atoms with Gasteiger partial charge in [0.25, 0.3) is 5.69 Å². The first-order valence-electron chi connectivity index (χ1n) is 5.01. The van der Waals surface area contributed by atoms with Gasteiger partial charge in [-0.15, -0.1) is 0 Å². The number of nitrogens with zero attached hydrogens (tertiary/aromatic N) is 1. The van der Waals surface area contributed by atoms with Gasteiger partial charge >= 0.3 is 4.87 Å². The maximum Gasteiger partial charge on any atom is 0.304 e. The number of benzene rings is 1. The number of nitro benzene ring substituents is 1. The van der Waals surface area contributed by atoms with Gasteiger partial charge in [0.2, 0.25) is 0 Å². The molecule has 0 atom stereocenters. The minimum atomic E-state index is -0.707. The molecule has 0 fully saturated rings. The van der Waals surface area contributed by atoms with E-state index >= 15 is 0 Å². The molecule has 0 unspecified atom stereocenters. The molecule has 1 aromatic carbocycles. The van der Waals surface area contributed by atoms with Crippen molar-refractivity contribution in [2.24, 2.45) is 0 Å². The van der Waals surface area contributed by atoms with Crippen LogP contribution < -0.4 is 10.2 Å². The van der Waals surface area contributed by atoms with Crippen LogP contribution in [0, 0.1) is 15.9 Å². The summed E-state index contributed by atoms with van der Waals surface area (Å²) in [6.07, 6.45) is 0. The summed E-state index contributed by atoms with van der Waals surface area (Å²) in [7, 11) is 0. The summed E-state index contributed by atoms with van der Waals surface area (Å²) in [4.78, 5) is 23.5. The normalized spacial score (nSPS) is 10.4. The monoisotopic (exact) mass is 347 g/mol. The Kier molecular flexibility index (Phi) is 3.96. The number of hydrogen-bond donors (Lipinski definition) is 2. The lowest BCUT2D eigenvalue weighted by Gasteiger charge is -2.07. The third-order valence-corrected chi connectivity index (χ3v) is 3.60. The number of H-pyrrole nitrogens is 1. The number of anilines is 1. The van der Waals surface area contributed by atoms with Gasteiger partial charge in [-0.25, -0.2) is 4.39 Å². The molecule has 0 aliphatic rings. The number of rotatable bonds is 4. The molecule has 1 aromatic heterocycles. The van der Waals surface area contributed by atoms with E-state index in [1.54, 1.807) is 5.38 Å². The Labute approximate surface area is 118 Å². The number of hydrogen-bond acceptors (Lipinski definition) is 5. The Morgan fingerprint density at radius 1 is 1.53 bits per heavy atom. The molecule has 0 saturated heterocycles. The minimum absolute atomic E-state index is 0.124. The third kappa shape index (κ3) is 3.18. The van der Waals surface area contributed by atoms with Crippen molar-refractivity contribution in [1.29, 1.82) is 0 Å². The maximum absolute atomic E-state index is 13.3. The lowest BCUT2D eigenvalue weighted by atomic mass is 10.2. The first-order chi connectivity index (χ1) is 8.97. The van der Waals surface area contributed by atoms with Crippen molar-refractivity contribution in [2.75, 3.05) is 5.32 Å². The molecular formula is C10H7BrFN3O3S. The zero-order valence-corrected chi connectivity index (χ0v) is 11.7. The Morgan fingerprint density at radius 3 is 2.84 bits per heavy atom. The second kappa shape index (κ2) is 5.49. The summed E-state index contributed by atoms with van der Waals surface area (Å²) in [5.74, 6) is -0.707. The number of nitro groups is 1. The second-order valence-electron chi connectivity index (χ2n) is 3.57. The predicted octanol–water partition coefficient (Wildman–Crippen LogP) is 2.86. The molecule has 6 nitrogen and oxygen atoms in total. The highest BCUT2D eigenvalue weighted by molar-refractivity contribution is 9.10. The summed E-state index contributed by atoms with van der Waals surface area (Å²) in [5, 5.41) is 15.2.